The second-order valence-corrected chi connectivity index (χ2v) is 7.56. The molecular formula is C23H20N2O5. The molecule has 4 rings (SSSR count). The standard InChI is InChI=1S/C23H20N2O5/c1-13-5-2-10-18-19(13)22(28)25(21(18)27)17-9-4-6-14(12-17)20(26)24-16-8-3-7-15(11-16)23(29)30/h2-9,11-13,18-19H,10H2,1H3,(H,24,26)(H,29,30)/t13-,18-,19-/m1/s1. The number of fused-ring (bicyclic) bond motifs is 1. The van der Waals surface area contributed by atoms with Crippen molar-refractivity contribution in [3.05, 3.63) is 71.8 Å². The molecule has 3 atom stereocenters. The van der Waals surface area contributed by atoms with E-state index < -0.39 is 11.9 Å². The molecule has 0 saturated carbocycles. The Labute approximate surface area is 173 Å². The number of carboxylic acid groups (broad SMARTS) is 1. The molecule has 2 N–H and O–H groups in total. The van der Waals surface area contributed by atoms with E-state index in [4.69, 9.17) is 5.11 Å². The Bertz CT molecular complexity index is 1090. The summed E-state index contributed by atoms with van der Waals surface area (Å²) < 4.78 is 0. The van der Waals surface area contributed by atoms with E-state index in [0.29, 0.717) is 17.8 Å². The van der Waals surface area contributed by atoms with Gasteiger partial charge in [-0.1, -0.05) is 31.2 Å². The quantitative estimate of drug-likeness (QED) is 0.601. The normalized spacial score (nSPS) is 22.7. The van der Waals surface area contributed by atoms with Crippen molar-refractivity contribution in [2.24, 2.45) is 17.8 Å². The van der Waals surface area contributed by atoms with Crippen LogP contribution in [0.1, 0.15) is 34.1 Å². The summed E-state index contributed by atoms with van der Waals surface area (Å²) >= 11 is 0. The van der Waals surface area contributed by atoms with Gasteiger partial charge in [-0.15, -0.1) is 0 Å². The number of anilines is 2. The van der Waals surface area contributed by atoms with Crippen LogP contribution in [0.15, 0.2) is 60.7 Å². The second kappa shape index (κ2) is 7.59. The molecule has 0 aromatic heterocycles. The minimum atomic E-state index is -1.09. The largest absolute Gasteiger partial charge is 0.478 e. The van der Waals surface area contributed by atoms with Crippen LogP contribution in [0.25, 0.3) is 0 Å². The SMILES string of the molecule is C[C@@H]1C=CC[C@H]2C(=O)N(c3cccc(C(=O)Nc4cccc(C(=O)O)c4)c3)C(=O)[C@H]12. The van der Waals surface area contributed by atoms with Crippen molar-refractivity contribution >= 4 is 35.1 Å². The molecule has 2 aliphatic rings. The summed E-state index contributed by atoms with van der Waals surface area (Å²) in [7, 11) is 0. The molecule has 2 aromatic rings. The minimum absolute atomic E-state index is 0.0156. The Kier molecular flexibility index (Phi) is 4.95. The van der Waals surface area contributed by atoms with Gasteiger partial charge in [-0.25, -0.2) is 4.79 Å². The first-order valence-corrected chi connectivity index (χ1v) is 9.66. The van der Waals surface area contributed by atoms with Crippen LogP contribution in [0.5, 0.6) is 0 Å². The van der Waals surface area contributed by atoms with Gasteiger partial charge in [0.15, 0.2) is 0 Å². The summed E-state index contributed by atoms with van der Waals surface area (Å²) in [6.45, 7) is 1.93. The number of hydrogen-bond donors (Lipinski definition) is 2. The van der Waals surface area contributed by atoms with E-state index in [1.165, 1.54) is 29.2 Å². The lowest BCUT2D eigenvalue weighted by Crippen LogP contribution is -2.31. The van der Waals surface area contributed by atoms with E-state index in [1.54, 1.807) is 24.3 Å². The number of allylic oxidation sites excluding steroid dienone is 2. The predicted molar refractivity (Wildman–Crippen MR) is 110 cm³/mol. The van der Waals surface area contributed by atoms with Gasteiger partial charge in [0.25, 0.3) is 5.91 Å². The Hall–Kier alpha value is -3.74. The van der Waals surface area contributed by atoms with Crippen LogP contribution in [-0.4, -0.2) is 28.8 Å². The first-order chi connectivity index (χ1) is 14.4. The lowest BCUT2D eigenvalue weighted by atomic mass is 9.78. The summed E-state index contributed by atoms with van der Waals surface area (Å²) in [6, 6.07) is 12.2. The fourth-order valence-corrected chi connectivity index (χ4v) is 4.12. The maximum atomic E-state index is 12.9. The van der Waals surface area contributed by atoms with Gasteiger partial charge in [0, 0.05) is 11.3 Å². The van der Waals surface area contributed by atoms with Crippen molar-refractivity contribution < 1.29 is 24.3 Å². The summed E-state index contributed by atoms with van der Waals surface area (Å²) in [5, 5.41) is 11.7. The van der Waals surface area contributed by atoms with E-state index in [2.05, 4.69) is 5.32 Å². The summed E-state index contributed by atoms with van der Waals surface area (Å²) in [4.78, 5) is 50.8. The van der Waals surface area contributed by atoms with Crippen molar-refractivity contribution in [1.82, 2.24) is 0 Å². The van der Waals surface area contributed by atoms with E-state index in [1.807, 2.05) is 19.1 Å². The van der Waals surface area contributed by atoms with Crippen LogP contribution < -0.4 is 10.2 Å². The zero-order valence-corrected chi connectivity index (χ0v) is 16.2. The lowest BCUT2D eigenvalue weighted by molar-refractivity contribution is -0.122. The highest BCUT2D eigenvalue weighted by Gasteiger charge is 2.50. The van der Waals surface area contributed by atoms with Crippen molar-refractivity contribution in [2.45, 2.75) is 13.3 Å². The van der Waals surface area contributed by atoms with Crippen LogP contribution in [-0.2, 0) is 9.59 Å². The number of nitrogens with zero attached hydrogens (tertiary/aromatic N) is 1. The molecular weight excluding hydrogens is 384 g/mol. The molecule has 7 nitrogen and oxygen atoms in total. The molecule has 1 heterocycles. The van der Waals surface area contributed by atoms with E-state index in [0.717, 1.165) is 0 Å². The maximum absolute atomic E-state index is 12.9. The fourth-order valence-electron chi connectivity index (χ4n) is 4.12. The number of carbonyl (C=O) groups excluding carboxylic acids is 3. The average molecular weight is 404 g/mol. The molecule has 0 radical (unpaired) electrons. The Morgan fingerprint density at radius 2 is 1.77 bits per heavy atom. The van der Waals surface area contributed by atoms with Gasteiger partial charge >= 0.3 is 5.97 Å². The van der Waals surface area contributed by atoms with E-state index in [9.17, 15) is 19.2 Å². The molecule has 3 amide bonds. The third-order valence-corrected chi connectivity index (χ3v) is 5.61. The third kappa shape index (κ3) is 3.39. The molecule has 2 aromatic carbocycles. The number of amides is 3. The summed E-state index contributed by atoms with van der Waals surface area (Å²) in [5.41, 5.74) is 1.01. The van der Waals surface area contributed by atoms with Crippen LogP contribution >= 0.6 is 0 Å². The summed E-state index contributed by atoms with van der Waals surface area (Å²) in [5.74, 6) is -2.80. The van der Waals surface area contributed by atoms with Crippen LogP contribution in [0, 0.1) is 17.8 Å². The number of benzene rings is 2. The average Bonchev–Trinajstić information content (AvgIpc) is 2.99. The number of carboxylic acids is 1. The number of rotatable bonds is 4. The molecule has 0 spiro atoms. The molecule has 0 unspecified atom stereocenters. The van der Waals surface area contributed by atoms with Gasteiger partial charge in [-0.2, -0.15) is 0 Å². The van der Waals surface area contributed by atoms with Crippen molar-refractivity contribution in [3.8, 4) is 0 Å². The Morgan fingerprint density at radius 1 is 1.03 bits per heavy atom. The molecule has 1 aliphatic heterocycles. The van der Waals surface area contributed by atoms with Crippen molar-refractivity contribution in [1.29, 1.82) is 0 Å². The minimum Gasteiger partial charge on any atom is -0.478 e. The topological polar surface area (TPSA) is 104 Å². The van der Waals surface area contributed by atoms with E-state index >= 15 is 0 Å². The first-order valence-electron chi connectivity index (χ1n) is 9.66. The Morgan fingerprint density at radius 3 is 2.50 bits per heavy atom. The van der Waals surface area contributed by atoms with Crippen molar-refractivity contribution in [2.75, 3.05) is 10.2 Å². The zero-order valence-electron chi connectivity index (χ0n) is 16.2. The predicted octanol–water partition coefficient (Wildman–Crippen LogP) is 3.34. The molecule has 1 saturated heterocycles. The highest BCUT2D eigenvalue weighted by atomic mass is 16.4. The van der Waals surface area contributed by atoms with Crippen molar-refractivity contribution in [3.63, 3.8) is 0 Å². The maximum Gasteiger partial charge on any atom is 0.335 e. The van der Waals surface area contributed by atoms with Gasteiger partial charge < -0.3 is 10.4 Å². The number of imide groups is 1. The smallest absolute Gasteiger partial charge is 0.335 e. The third-order valence-electron chi connectivity index (χ3n) is 5.61. The summed E-state index contributed by atoms with van der Waals surface area (Å²) in [6.07, 6.45) is 4.44. The molecule has 1 aliphatic carbocycles. The number of carbonyl (C=O) groups is 4. The number of nitrogens with one attached hydrogen (secondary N) is 1. The highest BCUT2D eigenvalue weighted by molar-refractivity contribution is 6.22. The second-order valence-electron chi connectivity index (χ2n) is 7.56. The zero-order chi connectivity index (χ0) is 21.4. The van der Waals surface area contributed by atoms with Crippen LogP contribution in [0.2, 0.25) is 0 Å². The highest BCUT2D eigenvalue weighted by Crippen LogP contribution is 2.40. The molecule has 7 heteroatoms. The number of aromatic carboxylic acids is 1. The Balaban J connectivity index is 1.58. The van der Waals surface area contributed by atoms with Gasteiger partial charge in [-0.3, -0.25) is 19.3 Å². The monoisotopic (exact) mass is 404 g/mol. The van der Waals surface area contributed by atoms with E-state index in [-0.39, 0.29) is 40.7 Å². The van der Waals surface area contributed by atoms with Gasteiger partial charge in [0.2, 0.25) is 11.8 Å². The van der Waals surface area contributed by atoms with Gasteiger partial charge in [0.1, 0.15) is 0 Å². The van der Waals surface area contributed by atoms with Gasteiger partial charge in [0.05, 0.1) is 23.1 Å². The van der Waals surface area contributed by atoms with Gasteiger partial charge in [-0.05, 0) is 48.7 Å². The molecule has 30 heavy (non-hydrogen) atoms. The number of hydrogen-bond acceptors (Lipinski definition) is 4. The molecule has 152 valence electrons. The molecule has 0 bridgehead atoms. The van der Waals surface area contributed by atoms with Crippen LogP contribution in [0.4, 0.5) is 11.4 Å². The first kappa shape index (κ1) is 19.6. The lowest BCUT2D eigenvalue weighted by Gasteiger charge is -2.22. The van der Waals surface area contributed by atoms with Crippen LogP contribution in [0.3, 0.4) is 0 Å². The fraction of sp³-hybridized carbons (Fsp3) is 0.217. The molecule has 1 fully saturated rings.